The van der Waals surface area contributed by atoms with Crippen LogP contribution in [0.4, 0.5) is 34.1 Å². The van der Waals surface area contributed by atoms with Gasteiger partial charge in [-0.3, -0.25) is 0 Å². The molecule has 2 aliphatic carbocycles. The number of rotatable bonds is 8. The fourth-order valence-electron chi connectivity index (χ4n) is 12.7. The van der Waals surface area contributed by atoms with Crippen LogP contribution in [0.15, 0.2) is 243 Å². The van der Waals surface area contributed by atoms with E-state index in [1.807, 2.05) is 0 Å². The van der Waals surface area contributed by atoms with Crippen LogP contribution in [0, 0.1) is 0 Å². The molecule has 0 unspecified atom stereocenters. The molecule has 2 heteroatoms. The molecule has 0 saturated carbocycles. The van der Waals surface area contributed by atoms with Crippen LogP contribution in [0.2, 0.25) is 0 Å². The zero-order chi connectivity index (χ0) is 48.3. The zero-order valence-electron chi connectivity index (χ0n) is 41.0. The first kappa shape index (κ1) is 42.2. The van der Waals surface area contributed by atoms with Crippen LogP contribution >= 0.6 is 0 Å². The van der Waals surface area contributed by atoms with E-state index in [1.165, 1.54) is 99.1 Å². The van der Waals surface area contributed by atoms with Gasteiger partial charge in [-0.2, -0.15) is 0 Å². The summed E-state index contributed by atoms with van der Waals surface area (Å²) in [4.78, 5) is 4.92. The molecule has 0 bridgehead atoms. The Morgan fingerprint density at radius 2 is 0.556 bits per heavy atom. The molecule has 0 spiro atoms. The Hall–Kier alpha value is -8.72. The standard InChI is InChI=1S/C70H52N2/c1-69(2)61-31-19-17-29-51(61)59-41-45(33-39-63(59)69)57-43-65(71(47-21-9-5-10-22-47)48-23-11-6-12-24-48)55-38-36-54-58(46-34-40-64-60(42-46)52-30-18-20-32-62(52)70(64,3)4)44-66(56-37-35-53(57)67(55)68(54)56)72(49-25-13-7-14-26-49)50-27-15-8-16-28-50/h5-44H,1-4H3. The topological polar surface area (TPSA) is 6.48 Å². The van der Waals surface area contributed by atoms with Gasteiger partial charge < -0.3 is 9.80 Å². The van der Waals surface area contributed by atoms with Crippen molar-refractivity contribution in [2.45, 2.75) is 38.5 Å². The number of para-hydroxylation sites is 4. The average molecular weight is 921 g/mol. The van der Waals surface area contributed by atoms with Gasteiger partial charge >= 0.3 is 0 Å². The van der Waals surface area contributed by atoms with Crippen LogP contribution in [0.3, 0.4) is 0 Å². The summed E-state index contributed by atoms with van der Waals surface area (Å²) < 4.78 is 0. The summed E-state index contributed by atoms with van der Waals surface area (Å²) >= 11 is 0. The molecule has 12 aromatic rings. The SMILES string of the molecule is CC1(C)c2ccccc2-c2cc(-c3cc(N(c4ccccc4)c4ccccc4)c4ccc5c(-c6ccc7c(c6)-c6ccccc6C7(C)C)cc(N(c6ccccc6)c6ccccc6)c6ccc3c4c56)ccc21. The maximum absolute atomic E-state index is 2.47. The van der Waals surface area contributed by atoms with E-state index in [0.717, 1.165) is 34.1 Å². The fourth-order valence-corrected chi connectivity index (χ4v) is 12.7. The summed E-state index contributed by atoms with van der Waals surface area (Å²) in [6.07, 6.45) is 0. The van der Waals surface area contributed by atoms with Crippen molar-refractivity contribution in [2.24, 2.45) is 0 Å². The number of hydrogen-bond acceptors (Lipinski definition) is 2. The lowest BCUT2D eigenvalue weighted by molar-refractivity contribution is 0.660. The summed E-state index contributed by atoms with van der Waals surface area (Å²) in [5.41, 5.74) is 22.1. The Bertz CT molecular complexity index is 3730. The average Bonchev–Trinajstić information content (AvgIpc) is 3.80. The lowest BCUT2D eigenvalue weighted by Gasteiger charge is -2.31. The van der Waals surface area contributed by atoms with Crippen LogP contribution in [0.1, 0.15) is 49.9 Å². The molecule has 2 nitrogen and oxygen atoms in total. The molecule has 12 aromatic carbocycles. The van der Waals surface area contributed by atoms with E-state index in [4.69, 9.17) is 0 Å². The highest BCUT2D eigenvalue weighted by atomic mass is 15.1. The predicted molar refractivity (Wildman–Crippen MR) is 306 cm³/mol. The van der Waals surface area contributed by atoms with Crippen molar-refractivity contribution < 1.29 is 0 Å². The second-order valence-electron chi connectivity index (χ2n) is 20.8. The normalized spacial score (nSPS) is 13.8. The van der Waals surface area contributed by atoms with E-state index in [1.54, 1.807) is 0 Å². The van der Waals surface area contributed by atoms with E-state index in [-0.39, 0.29) is 10.8 Å². The maximum Gasteiger partial charge on any atom is 0.0546 e. The number of hydrogen-bond donors (Lipinski definition) is 0. The molecule has 0 aromatic heterocycles. The first-order valence-electron chi connectivity index (χ1n) is 25.3. The molecule has 2 aliphatic rings. The molecule has 0 aliphatic heterocycles. The Morgan fingerprint density at radius 3 is 0.917 bits per heavy atom. The van der Waals surface area contributed by atoms with E-state index in [0.29, 0.717) is 0 Å². The Morgan fingerprint density at radius 1 is 0.250 bits per heavy atom. The largest absolute Gasteiger partial charge is 0.310 e. The molecule has 0 radical (unpaired) electrons. The van der Waals surface area contributed by atoms with Gasteiger partial charge in [0.05, 0.1) is 11.4 Å². The van der Waals surface area contributed by atoms with E-state index < -0.39 is 0 Å². The Labute approximate surface area is 422 Å². The Kier molecular flexibility index (Phi) is 9.32. The van der Waals surface area contributed by atoms with Crippen LogP contribution < -0.4 is 9.80 Å². The summed E-state index contributed by atoms with van der Waals surface area (Å²) in [5, 5.41) is 7.38. The molecular weight excluding hydrogens is 869 g/mol. The van der Waals surface area contributed by atoms with Crippen molar-refractivity contribution in [3.63, 3.8) is 0 Å². The van der Waals surface area contributed by atoms with Gasteiger partial charge in [-0.1, -0.05) is 198 Å². The molecular formula is C70H52N2. The van der Waals surface area contributed by atoms with Gasteiger partial charge in [-0.05, 0) is 150 Å². The molecule has 0 heterocycles. The first-order chi connectivity index (χ1) is 35.3. The smallest absolute Gasteiger partial charge is 0.0546 e. The highest BCUT2D eigenvalue weighted by molar-refractivity contribution is 6.32. The lowest BCUT2D eigenvalue weighted by atomic mass is 9.81. The first-order valence-corrected chi connectivity index (χ1v) is 25.3. The molecule has 0 fully saturated rings. The number of benzene rings is 12. The molecule has 0 amide bonds. The van der Waals surface area contributed by atoms with Crippen LogP contribution in [0.25, 0.3) is 76.8 Å². The quantitative estimate of drug-likeness (QED) is 0.140. The van der Waals surface area contributed by atoms with Crippen LogP contribution in [-0.2, 0) is 10.8 Å². The third kappa shape index (κ3) is 6.22. The van der Waals surface area contributed by atoms with Gasteiger partial charge in [0.2, 0.25) is 0 Å². The molecule has 0 N–H and O–H groups in total. The van der Waals surface area contributed by atoms with Crippen LogP contribution in [0.5, 0.6) is 0 Å². The summed E-state index contributed by atoms with van der Waals surface area (Å²) in [5.74, 6) is 0. The number of anilines is 6. The number of nitrogens with zero attached hydrogens (tertiary/aromatic N) is 2. The van der Waals surface area contributed by atoms with Crippen molar-refractivity contribution >= 4 is 66.4 Å². The van der Waals surface area contributed by atoms with Gasteiger partial charge in [-0.25, -0.2) is 0 Å². The minimum absolute atomic E-state index is 0.0960. The van der Waals surface area contributed by atoms with E-state index in [2.05, 4.69) is 280 Å². The summed E-state index contributed by atoms with van der Waals surface area (Å²) in [7, 11) is 0. The minimum atomic E-state index is -0.0960. The highest BCUT2D eigenvalue weighted by Crippen LogP contribution is 2.56. The number of fused-ring (bicyclic) bond motifs is 6. The van der Waals surface area contributed by atoms with E-state index in [9.17, 15) is 0 Å². The van der Waals surface area contributed by atoms with Gasteiger partial charge in [-0.15, -0.1) is 0 Å². The zero-order valence-corrected chi connectivity index (χ0v) is 41.0. The van der Waals surface area contributed by atoms with Gasteiger partial charge in [0.15, 0.2) is 0 Å². The van der Waals surface area contributed by atoms with Gasteiger partial charge in [0.25, 0.3) is 0 Å². The highest BCUT2D eigenvalue weighted by Gasteiger charge is 2.37. The molecule has 14 rings (SSSR count). The third-order valence-electron chi connectivity index (χ3n) is 16.2. The molecule has 0 atom stereocenters. The molecule has 0 saturated heterocycles. The van der Waals surface area contributed by atoms with Crippen molar-refractivity contribution in [1.29, 1.82) is 0 Å². The van der Waals surface area contributed by atoms with Crippen molar-refractivity contribution in [3.05, 3.63) is 265 Å². The summed E-state index contributed by atoms with van der Waals surface area (Å²) in [6.45, 7) is 9.47. The van der Waals surface area contributed by atoms with Crippen molar-refractivity contribution in [3.8, 4) is 44.5 Å². The van der Waals surface area contributed by atoms with Gasteiger partial charge in [0.1, 0.15) is 0 Å². The summed E-state index contributed by atoms with van der Waals surface area (Å²) in [6, 6.07) is 90.6. The molecule has 342 valence electrons. The molecule has 72 heavy (non-hydrogen) atoms. The van der Waals surface area contributed by atoms with E-state index >= 15 is 0 Å². The minimum Gasteiger partial charge on any atom is -0.310 e. The lowest BCUT2D eigenvalue weighted by Crippen LogP contribution is -2.14. The van der Waals surface area contributed by atoms with Crippen LogP contribution in [-0.4, -0.2) is 0 Å². The second-order valence-corrected chi connectivity index (χ2v) is 20.8. The van der Waals surface area contributed by atoms with Crippen molar-refractivity contribution in [2.75, 3.05) is 9.80 Å². The fraction of sp³-hybridized carbons (Fsp3) is 0.0857. The predicted octanol–water partition coefficient (Wildman–Crippen LogP) is 19.5. The van der Waals surface area contributed by atoms with Gasteiger partial charge in [0, 0.05) is 55.1 Å². The second kappa shape index (κ2) is 15.9. The van der Waals surface area contributed by atoms with Crippen molar-refractivity contribution in [1.82, 2.24) is 0 Å². The monoisotopic (exact) mass is 920 g/mol. The Balaban J connectivity index is 1.13. The maximum atomic E-state index is 2.47. The third-order valence-corrected chi connectivity index (χ3v) is 16.2.